The number of halogens is 1. The van der Waals surface area contributed by atoms with Crippen LogP contribution < -0.4 is 5.32 Å². The maximum absolute atomic E-state index is 12.7. The van der Waals surface area contributed by atoms with E-state index in [1.165, 1.54) is 24.3 Å². The molecule has 0 aliphatic rings. The fraction of sp³-hybridized carbons (Fsp3) is 0.308. The summed E-state index contributed by atoms with van der Waals surface area (Å²) in [6, 6.07) is 5.66. The SMILES string of the molecule is Cc1nc(C)n(CCC(=O)Nc2ccc(F)cc2)n1. The molecule has 0 spiro atoms. The topological polar surface area (TPSA) is 59.8 Å². The second-order valence-corrected chi connectivity index (χ2v) is 4.23. The maximum atomic E-state index is 12.7. The van der Waals surface area contributed by atoms with E-state index in [0.29, 0.717) is 24.5 Å². The molecule has 0 fully saturated rings. The fourth-order valence-corrected chi connectivity index (χ4v) is 1.74. The van der Waals surface area contributed by atoms with Crippen molar-refractivity contribution < 1.29 is 9.18 Å². The second kappa shape index (κ2) is 5.60. The molecule has 0 unspecified atom stereocenters. The molecule has 0 aliphatic heterocycles. The van der Waals surface area contributed by atoms with Gasteiger partial charge in [-0.05, 0) is 38.1 Å². The van der Waals surface area contributed by atoms with Gasteiger partial charge in [-0.3, -0.25) is 4.79 Å². The first kappa shape index (κ1) is 13.2. The molecule has 6 heteroatoms. The molecule has 1 aromatic carbocycles. The van der Waals surface area contributed by atoms with Gasteiger partial charge in [-0.25, -0.2) is 14.1 Å². The Morgan fingerprint density at radius 1 is 1.32 bits per heavy atom. The van der Waals surface area contributed by atoms with E-state index in [-0.39, 0.29) is 11.7 Å². The summed E-state index contributed by atoms with van der Waals surface area (Å²) in [7, 11) is 0. The molecule has 0 saturated carbocycles. The molecule has 2 rings (SSSR count). The molecule has 0 bridgehead atoms. The molecule has 1 aromatic heterocycles. The molecular formula is C13H15FN4O. The highest BCUT2D eigenvalue weighted by atomic mass is 19.1. The molecule has 0 atom stereocenters. The van der Waals surface area contributed by atoms with Crippen molar-refractivity contribution in [2.45, 2.75) is 26.8 Å². The van der Waals surface area contributed by atoms with Gasteiger partial charge in [-0.15, -0.1) is 0 Å². The van der Waals surface area contributed by atoms with Crippen LogP contribution in [-0.2, 0) is 11.3 Å². The minimum absolute atomic E-state index is 0.140. The lowest BCUT2D eigenvalue weighted by Gasteiger charge is -2.05. The molecule has 0 saturated heterocycles. The maximum Gasteiger partial charge on any atom is 0.226 e. The van der Waals surface area contributed by atoms with Crippen LogP contribution in [0.5, 0.6) is 0 Å². The number of aryl methyl sites for hydroxylation is 3. The highest BCUT2D eigenvalue weighted by Gasteiger charge is 2.06. The van der Waals surface area contributed by atoms with Crippen molar-refractivity contribution in [3.63, 3.8) is 0 Å². The zero-order valence-corrected chi connectivity index (χ0v) is 10.9. The summed E-state index contributed by atoms with van der Waals surface area (Å²) < 4.78 is 14.4. The predicted molar refractivity (Wildman–Crippen MR) is 69.1 cm³/mol. The van der Waals surface area contributed by atoms with Crippen LogP contribution in [0.25, 0.3) is 0 Å². The number of anilines is 1. The number of carbonyl (C=O) groups excluding carboxylic acids is 1. The van der Waals surface area contributed by atoms with E-state index >= 15 is 0 Å². The van der Waals surface area contributed by atoms with Crippen molar-refractivity contribution in [1.29, 1.82) is 0 Å². The summed E-state index contributed by atoms with van der Waals surface area (Å²) in [4.78, 5) is 15.9. The third-order valence-corrected chi connectivity index (χ3v) is 2.64. The number of amides is 1. The van der Waals surface area contributed by atoms with Gasteiger partial charge in [0.15, 0.2) is 0 Å². The van der Waals surface area contributed by atoms with Crippen molar-refractivity contribution in [3.05, 3.63) is 41.7 Å². The standard InChI is InChI=1S/C13H15FN4O/c1-9-15-10(2)18(17-9)8-7-13(19)16-12-5-3-11(14)4-6-12/h3-6H,7-8H2,1-2H3,(H,16,19). The largest absolute Gasteiger partial charge is 0.326 e. The quantitative estimate of drug-likeness (QED) is 0.917. The minimum atomic E-state index is -0.327. The van der Waals surface area contributed by atoms with Gasteiger partial charge in [-0.2, -0.15) is 5.10 Å². The van der Waals surface area contributed by atoms with Crippen molar-refractivity contribution in [2.24, 2.45) is 0 Å². The number of nitrogens with zero attached hydrogens (tertiary/aromatic N) is 3. The van der Waals surface area contributed by atoms with Crippen LogP contribution in [0.3, 0.4) is 0 Å². The highest BCUT2D eigenvalue weighted by molar-refractivity contribution is 5.90. The van der Waals surface area contributed by atoms with E-state index in [9.17, 15) is 9.18 Å². The van der Waals surface area contributed by atoms with Gasteiger partial charge < -0.3 is 5.32 Å². The van der Waals surface area contributed by atoms with Crippen molar-refractivity contribution in [3.8, 4) is 0 Å². The smallest absolute Gasteiger partial charge is 0.226 e. The van der Waals surface area contributed by atoms with Crippen LogP contribution in [0.2, 0.25) is 0 Å². The van der Waals surface area contributed by atoms with E-state index in [1.54, 1.807) is 4.68 Å². The van der Waals surface area contributed by atoms with Crippen molar-refractivity contribution in [1.82, 2.24) is 14.8 Å². The molecule has 1 heterocycles. The van der Waals surface area contributed by atoms with Gasteiger partial charge in [0.05, 0.1) is 6.54 Å². The van der Waals surface area contributed by atoms with Crippen molar-refractivity contribution in [2.75, 3.05) is 5.32 Å². The average molecular weight is 262 g/mol. The van der Waals surface area contributed by atoms with E-state index in [4.69, 9.17) is 0 Å². The molecule has 100 valence electrons. The average Bonchev–Trinajstić information content (AvgIpc) is 2.68. The minimum Gasteiger partial charge on any atom is -0.326 e. The zero-order chi connectivity index (χ0) is 13.8. The van der Waals surface area contributed by atoms with Crippen LogP contribution in [0.15, 0.2) is 24.3 Å². The fourth-order valence-electron chi connectivity index (χ4n) is 1.74. The number of nitrogens with one attached hydrogen (secondary N) is 1. The molecule has 1 N–H and O–H groups in total. The molecule has 5 nitrogen and oxygen atoms in total. The Balaban J connectivity index is 1.88. The van der Waals surface area contributed by atoms with Crippen LogP contribution >= 0.6 is 0 Å². The zero-order valence-electron chi connectivity index (χ0n) is 10.9. The second-order valence-electron chi connectivity index (χ2n) is 4.23. The molecule has 2 aromatic rings. The number of hydrogen-bond donors (Lipinski definition) is 1. The number of benzene rings is 1. The van der Waals surface area contributed by atoms with E-state index in [2.05, 4.69) is 15.4 Å². The number of carbonyl (C=O) groups is 1. The third kappa shape index (κ3) is 3.61. The highest BCUT2D eigenvalue weighted by Crippen LogP contribution is 2.08. The number of hydrogen-bond acceptors (Lipinski definition) is 3. The molecule has 0 radical (unpaired) electrons. The van der Waals surface area contributed by atoms with Crippen LogP contribution in [0.4, 0.5) is 10.1 Å². The lowest BCUT2D eigenvalue weighted by Crippen LogP contribution is -2.15. The normalized spacial score (nSPS) is 10.5. The van der Waals surface area contributed by atoms with Gasteiger partial charge >= 0.3 is 0 Å². The van der Waals surface area contributed by atoms with E-state index < -0.39 is 0 Å². The van der Waals surface area contributed by atoms with Crippen LogP contribution in [-0.4, -0.2) is 20.7 Å². The third-order valence-electron chi connectivity index (χ3n) is 2.64. The van der Waals surface area contributed by atoms with Crippen LogP contribution in [0, 0.1) is 19.7 Å². The first-order valence-electron chi connectivity index (χ1n) is 5.98. The summed E-state index contributed by atoms with van der Waals surface area (Å²) in [5.74, 6) is 1.01. The Bertz CT molecular complexity index is 577. The Kier molecular flexibility index (Phi) is 3.89. The van der Waals surface area contributed by atoms with Crippen LogP contribution in [0.1, 0.15) is 18.1 Å². The predicted octanol–water partition coefficient (Wildman–Crippen LogP) is 2.06. The van der Waals surface area contributed by atoms with Gasteiger partial charge in [0.1, 0.15) is 17.5 Å². The summed E-state index contributed by atoms with van der Waals surface area (Å²) >= 11 is 0. The first-order chi connectivity index (χ1) is 9.04. The van der Waals surface area contributed by atoms with Gasteiger partial charge in [-0.1, -0.05) is 0 Å². The summed E-state index contributed by atoms with van der Waals surface area (Å²) in [6.45, 7) is 4.12. The Morgan fingerprint density at radius 3 is 2.58 bits per heavy atom. The number of rotatable bonds is 4. The molecule has 1 amide bonds. The molecule has 0 aliphatic carbocycles. The summed E-state index contributed by atoms with van der Waals surface area (Å²) in [5.41, 5.74) is 0.581. The monoisotopic (exact) mass is 262 g/mol. The van der Waals surface area contributed by atoms with Gasteiger partial charge in [0.25, 0.3) is 0 Å². The lowest BCUT2D eigenvalue weighted by atomic mass is 10.3. The van der Waals surface area contributed by atoms with Gasteiger partial charge in [0, 0.05) is 12.1 Å². The first-order valence-corrected chi connectivity index (χ1v) is 5.98. The van der Waals surface area contributed by atoms with Gasteiger partial charge in [0.2, 0.25) is 5.91 Å². The summed E-state index contributed by atoms with van der Waals surface area (Å²) in [5, 5.41) is 6.88. The summed E-state index contributed by atoms with van der Waals surface area (Å²) in [6.07, 6.45) is 0.293. The lowest BCUT2D eigenvalue weighted by molar-refractivity contribution is -0.116. The van der Waals surface area contributed by atoms with E-state index in [0.717, 1.165) is 5.82 Å². The van der Waals surface area contributed by atoms with E-state index in [1.807, 2.05) is 13.8 Å². The Labute approximate surface area is 110 Å². The number of aromatic nitrogens is 3. The Morgan fingerprint density at radius 2 is 2.00 bits per heavy atom. The molecular weight excluding hydrogens is 247 g/mol. The molecule has 19 heavy (non-hydrogen) atoms. The Hall–Kier alpha value is -2.24. The van der Waals surface area contributed by atoms with Crippen molar-refractivity contribution >= 4 is 11.6 Å².